The number of carbonyl (C=O) groups is 2. The summed E-state index contributed by atoms with van der Waals surface area (Å²) in [5.74, 6) is -0.658. The van der Waals surface area contributed by atoms with Gasteiger partial charge in [0, 0.05) is 12.2 Å². The van der Waals surface area contributed by atoms with E-state index < -0.39 is 0 Å². The molecule has 0 bridgehead atoms. The first-order chi connectivity index (χ1) is 12.4. The van der Waals surface area contributed by atoms with E-state index >= 15 is 0 Å². The number of aryl methyl sites for hydroxylation is 1. The van der Waals surface area contributed by atoms with Gasteiger partial charge in [-0.25, -0.2) is 4.39 Å². The molecule has 0 fully saturated rings. The van der Waals surface area contributed by atoms with Gasteiger partial charge in [-0.1, -0.05) is 35.9 Å². The van der Waals surface area contributed by atoms with E-state index in [1.54, 1.807) is 30.1 Å². The molecule has 0 aliphatic heterocycles. The molecule has 0 heterocycles. The van der Waals surface area contributed by atoms with Crippen LogP contribution in [0.3, 0.4) is 0 Å². The Hall–Kier alpha value is -2.73. The fourth-order valence-electron chi connectivity index (χ4n) is 2.48. The number of amides is 2. The Balaban J connectivity index is 1.68. The van der Waals surface area contributed by atoms with Gasteiger partial charge in [-0.05, 0) is 44.2 Å². The number of carbonyl (C=O) groups excluding carboxylic acids is 2. The van der Waals surface area contributed by atoms with Gasteiger partial charge in [-0.2, -0.15) is 0 Å². The summed E-state index contributed by atoms with van der Waals surface area (Å²) in [6.07, 6.45) is 0.427. The summed E-state index contributed by atoms with van der Waals surface area (Å²) < 4.78 is 13.5. The summed E-state index contributed by atoms with van der Waals surface area (Å²) in [5.41, 5.74) is 2.41. The second kappa shape index (κ2) is 9.68. The first-order valence-electron chi connectivity index (χ1n) is 8.49. The van der Waals surface area contributed by atoms with Crippen molar-refractivity contribution < 1.29 is 14.0 Å². The lowest BCUT2D eigenvalue weighted by Crippen LogP contribution is -2.39. The lowest BCUT2D eigenvalue weighted by molar-refractivity contribution is -0.122. The summed E-state index contributed by atoms with van der Waals surface area (Å²) in [6.45, 7) is 2.53. The number of hydrogen-bond donors (Lipinski definition) is 2. The number of benzene rings is 2. The highest BCUT2D eigenvalue weighted by Crippen LogP contribution is 2.08. The van der Waals surface area contributed by atoms with Crippen molar-refractivity contribution in [2.75, 3.05) is 32.0 Å². The van der Waals surface area contributed by atoms with Crippen LogP contribution in [0.5, 0.6) is 0 Å². The number of nitrogens with one attached hydrogen (secondary N) is 2. The van der Waals surface area contributed by atoms with Crippen molar-refractivity contribution in [3.8, 4) is 0 Å². The first-order valence-corrected chi connectivity index (χ1v) is 8.49. The molecule has 0 spiro atoms. The van der Waals surface area contributed by atoms with E-state index in [0.717, 1.165) is 11.3 Å². The molecule has 0 radical (unpaired) electrons. The zero-order valence-electron chi connectivity index (χ0n) is 15.1. The number of halogens is 1. The van der Waals surface area contributed by atoms with Gasteiger partial charge in [-0.15, -0.1) is 0 Å². The highest BCUT2D eigenvalue weighted by molar-refractivity contribution is 5.92. The lowest BCUT2D eigenvalue weighted by Gasteiger charge is -2.16. The van der Waals surface area contributed by atoms with Gasteiger partial charge in [0.05, 0.1) is 13.1 Å². The number of hydrogen-bond acceptors (Lipinski definition) is 3. The summed E-state index contributed by atoms with van der Waals surface area (Å²) in [4.78, 5) is 25.6. The molecular formula is C20H24FN3O2. The zero-order chi connectivity index (χ0) is 18.9. The van der Waals surface area contributed by atoms with Gasteiger partial charge in [0.2, 0.25) is 11.8 Å². The molecule has 0 aliphatic rings. The molecule has 2 N–H and O–H groups in total. The van der Waals surface area contributed by atoms with Crippen molar-refractivity contribution in [2.24, 2.45) is 0 Å². The predicted molar refractivity (Wildman–Crippen MR) is 100 cm³/mol. The highest BCUT2D eigenvalue weighted by atomic mass is 19.1. The minimum atomic E-state index is -0.272. The average molecular weight is 357 g/mol. The van der Waals surface area contributed by atoms with Crippen LogP contribution < -0.4 is 10.6 Å². The van der Waals surface area contributed by atoms with E-state index in [1.165, 1.54) is 6.07 Å². The van der Waals surface area contributed by atoms with Crippen LogP contribution in [-0.2, 0) is 16.0 Å². The molecule has 0 saturated heterocycles. The Morgan fingerprint density at radius 1 is 1.00 bits per heavy atom. The van der Waals surface area contributed by atoms with Crippen molar-refractivity contribution in [1.29, 1.82) is 0 Å². The minimum Gasteiger partial charge on any atom is -0.355 e. The Kier molecular flexibility index (Phi) is 7.29. The molecule has 2 amide bonds. The van der Waals surface area contributed by atoms with Crippen LogP contribution in [0.25, 0.3) is 0 Å². The van der Waals surface area contributed by atoms with Gasteiger partial charge in [-0.3, -0.25) is 14.5 Å². The van der Waals surface area contributed by atoms with Gasteiger partial charge in [0.25, 0.3) is 0 Å². The molecule has 26 heavy (non-hydrogen) atoms. The van der Waals surface area contributed by atoms with Crippen molar-refractivity contribution in [3.05, 3.63) is 65.5 Å². The third kappa shape index (κ3) is 6.64. The summed E-state index contributed by atoms with van der Waals surface area (Å²) >= 11 is 0. The van der Waals surface area contributed by atoms with Gasteiger partial charge >= 0.3 is 0 Å². The molecule has 0 unspecified atom stereocenters. The maximum Gasteiger partial charge on any atom is 0.238 e. The third-order valence-electron chi connectivity index (χ3n) is 3.84. The largest absolute Gasteiger partial charge is 0.355 e. The highest BCUT2D eigenvalue weighted by Gasteiger charge is 2.11. The van der Waals surface area contributed by atoms with E-state index in [1.807, 2.05) is 31.2 Å². The second-order valence-corrected chi connectivity index (χ2v) is 6.28. The van der Waals surface area contributed by atoms with E-state index in [2.05, 4.69) is 10.6 Å². The van der Waals surface area contributed by atoms with Crippen LogP contribution in [0.1, 0.15) is 11.1 Å². The number of likely N-dealkylation sites (N-methyl/N-ethyl adjacent to an activating group) is 1. The minimum absolute atomic E-state index is 0.0958. The molecule has 0 aromatic heterocycles. The fraction of sp³-hybridized carbons (Fsp3) is 0.300. The van der Waals surface area contributed by atoms with Gasteiger partial charge < -0.3 is 10.6 Å². The van der Waals surface area contributed by atoms with Crippen LogP contribution in [0.2, 0.25) is 0 Å². The predicted octanol–water partition coefficient (Wildman–Crippen LogP) is 2.36. The summed E-state index contributed by atoms with van der Waals surface area (Å²) in [7, 11) is 1.70. The van der Waals surface area contributed by atoms with E-state index in [-0.39, 0.29) is 30.7 Å². The number of nitrogens with zero attached hydrogens (tertiary/aromatic N) is 1. The second-order valence-electron chi connectivity index (χ2n) is 6.28. The van der Waals surface area contributed by atoms with Crippen LogP contribution in [0.15, 0.2) is 48.5 Å². The zero-order valence-corrected chi connectivity index (χ0v) is 15.1. The van der Waals surface area contributed by atoms with Crippen molar-refractivity contribution in [3.63, 3.8) is 0 Å². The molecule has 2 aromatic rings. The monoisotopic (exact) mass is 357 g/mol. The van der Waals surface area contributed by atoms with Gasteiger partial charge in [0.1, 0.15) is 5.82 Å². The van der Waals surface area contributed by atoms with Crippen molar-refractivity contribution >= 4 is 17.5 Å². The molecule has 0 saturated carbocycles. The maximum atomic E-state index is 13.5. The SMILES string of the molecule is Cc1ccc(NC(=O)CN(C)CC(=O)NCCc2ccccc2F)cc1. The first kappa shape index (κ1) is 19.6. The Morgan fingerprint density at radius 2 is 1.65 bits per heavy atom. The topological polar surface area (TPSA) is 61.4 Å². The van der Waals surface area contributed by atoms with E-state index in [9.17, 15) is 14.0 Å². The molecule has 2 rings (SSSR count). The quantitative estimate of drug-likeness (QED) is 0.762. The lowest BCUT2D eigenvalue weighted by atomic mass is 10.1. The molecule has 5 nitrogen and oxygen atoms in total. The smallest absolute Gasteiger partial charge is 0.238 e. The van der Waals surface area contributed by atoms with Crippen LogP contribution in [0, 0.1) is 12.7 Å². The van der Waals surface area contributed by atoms with Crippen LogP contribution in [-0.4, -0.2) is 43.4 Å². The van der Waals surface area contributed by atoms with Gasteiger partial charge in [0.15, 0.2) is 0 Å². The van der Waals surface area contributed by atoms with E-state index in [0.29, 0.717) is 18.5 Å². The molecule has 138 valence electrons. The average Bonchev–Trinajstić information content (AvgIpc) is 2.58. The Bertz CT molecular complexity index is 747. The van der Waals surface area contributed by atoms with Crippen LogP contribution >= 0.6 is 0 Å². The molecule has 0 atom stereocenters. The number of rotatable bonds is 8. The van der Waals surface area contributed by atoms with E-state index in [4.69, 9.17) is 0 Å². The third-order valence-corrected chi connectivity index (χ3v) is 3.84. The summed E-state index contributed by atoms with van der Waals surface area (Å²) in [6, 6.07) is 14.0. The summed E-state index contributed by atoms with van der Waals surface area (Å²) in [5, 5.41) is 5.53. The molecule has 6 heteroatoms. The number of anilines is 1. The van der Waals surface area contributed by atoms with Crippen molar-refractivity contribution in [1.82, 2.24) is 10.2 Å². The molecule has 0 aliphatic carbocycles. The normalized spacial score (nSPS) is 10.6. The standard InChI is InChI=1S/C20H24FN3O2/c1-15-7-9-17(10-8-15)23-20(26)14-24(2)13-19(25)22-12-11-16-5-3-4-6-18(16)21/h3-10H,11-14H2,1-2H3,(H,22,25)(H,23,26). The van der Waals surface area contributed by atoms with Crippen molar-refractivity contribution in [2.45, 2.75) is 13.3 Å². The van der Waals surface area contributed by atoms with Crippen LogP contribution in [0.4, 0.5) is 10.1 Å². The molecular weight excluding hydrogens is 333 g/mol. The molecule has 2 aromatic carbocycles. The fourth-order valence-corrected chi connectivity index (χ4v) is 2.48. The maximum absolute atomic E-state index is 13.5. The Morgan fingerprint density at radius 3 is 2.35 bits per heavy atom. The Labute approximate surface area is 153 Å².